The summed E-state index contributed by atoms with van der Waals surface area (Å²) in [5.41, 5.74) is 1.92. The predicted molar refractivity (Wildman–Crippen MR) is 109 cm³/mol. The average molecular weight is 396 g/mol. The molecule has 0 fully saturated rings. The van der Waals surface area contributed by atoms with E-state index < -0.39 is 0 Å². The Balaban J connectivity index is 1.53. The van der Waals surface area contributed by atoms with Crippen molar-refractivity contribution in [2.75, 3.05) is 0 Å². The van der Waals surface area contributed by atoms with Crippen LogP contribution in [0.25, 0.3) is 10.9 Å². The van der Waals surface area contributed by atoms with Gasteiger partial charge in [0.15, 0.2) is 5.75 Å². The van der Waals surface area contributed by atoms with E-state index in [4.69, 9.17) is 32.7 Å². The molecule has 0 atom stereocenters. The summed E-state index contributed by atoms with van der Waals surface area (Å²) in [7, 11) is 0. The average Bonchev–Trinajstić information content (AvgIpc) is 2.70. The van der Waals surface area contributed by atoms with Crippen molar-refractivity contribution >= 4 is 34.1 Å². The first-order chi connectivity index (χ1) is 13.2. The monoisotopic (exact) mass is 395 g/mol. The van der Waals surface area contributed by atoms with Crippen LogP contribution in [0.4, 0.5) is 0 Å². The van der Waals surface area contributed by atoms with Crippen molar-refractivity contribution in [1.29, 1.82) is 0 Å². The van der Waals surface area contributed by atoms with E-state index in [0.717, 1.165) is 22.2 Å². The molecular formula is C22H15Cl2NO2. The van der Waals surface area contributed by atoms with Crippen LogP contribution in [0.2, 0.25) is 10.0 Å². The van der Waals surface area contributed by atoms with Gasteiger partial charge in [-0.3, -0.25) is 0 Å². The molecular weight excluding hydrogens is 381 g/mol. The Morgan fingerprint density at radius 3 is 2.33 bits per heavy atom. The molecule has 0 spiro atoms. The maximum atomic E-state index is 6.15. The van der Waals surface area contributed by atoms with Gasteiger partial charge >= 0.3 is 0 Å². The zero-order valence-electron chi connectivity index (χ0n) is 14.2. The zero-order valence-corrected chi connectivity index (χ0v) is 15.7. The quantitative estimate of drug-likeness (QED) is 0.367. The van der Waals surface area contributed by atoms with Gasteiger partial charge < -0.3 is 9.47 Å². The molecule has 5 heteroatoms. The maximum absolute atomic E-state index is 6.15. The first-order valence-corrected chi connectivity index (χ1v) is 9.14. The minimum atomic E-state index is 0.399. The fraction of sp³-hybridized carbons (Fsp3) is 0.0455. The predicted octanol–water partition coefficient (Wildman–Crippen LogP) is 6.91. The molecule has 0 bridgehead atoms. The van der Waals surface area contributed by atoms with Crippen LogP contribution in [0.5, 0.6) is 17.4 Å². The molecule has 27 heavy (non-hydrogen) atoms. The van der Waals surface area contributed by atoms with Crippen LogP contribution in [0.1, 0.15) is 5.56 Å². The lowest BCUT2D eigenvalue weighted by molar-refractivity contribution is 0.306. The standard InChI is InChI=1S/C22H15Cl2NO2/c23-18-7-4-8-19(24)22(18)27-21-12-9-16-13-17(10-11-20(16)25-21)26-14-15-5-2-1-3-6-15/h1-13H,14H2. The number of para-hydroxylation sites is 1. The molecule has 0 radical (unpaired) electrons. The number of aromatic nitrogens is 1. The fourth-order valence-corrected chi connectivity index (χ4v) is 3.13. The van der Waals surface area contributed by atoms with Gasteiger partial charge in [0.2, 0.25) is 5.88 Å². The van der Waals surface area contributed by atoms with Gasteiger partial charge in [0, 0.05) is 11.5 Å². The van der Waals surface area contributed by atoms with Crippen LogP contribution < -0.4 is 9.47 Å². The van der Waals surface area contributed by atoms with Gasteiger partial charge in [0.05, 0.1) is 15.6 Å². The molecule has 0 unspecified atom stereocenters. The van der Waals surface area contributed by atoms with Crippen LogP contribution in [0.15, 0.2) is 78.9 Å². The normalized spacial score (nSPS) is 10.7. The van der Waals surface area contributed by atoms with Gasteiger partial charge in [0.25, 0.3) is 0 Å². The van der Waals surface area contributed by atoms with Gasteiger partial charge in [-0.05, 0) is 42.0 Å². The van der Waals surface area contributed by atoms with Gasteiger partial charge in [-0.25, -0.2) is 4.98 Å². The van der Waals surface area contributed by atoms with Crippen molar-refractivity contribution in [3.63, 3.8) is 0 Å². The van der Waals surface area contributed by atoms with E-state index in [0.29, 0.717) is 28.3 Å². The van der Waals surface area contributed by atoms with Crippen molar-refractivity contribution in [2.24, 2.45) is 0 Å². The van der Waals surface area contributed by atoms with Crippen molar-refractivity contribution in [1.82, 2.24) is 4.98 Å². The molecule has 0 saturated heterocycles. The topological polar surface area (TPSA) is 31.4 Å². The molecule has 0 aliphatic rings. The number of fused-ring (bicyclic) bond motifs is 1. The Morgan fingerprint density at radius 2 is 1.56 bits per heavy atom. The van der Waals surface area contributed by atoms with Crippen molar-refractivity contribution < 1.29 is 9.47 Å². The van der Waals surface area contributed by atoms with E-state index in [1.165, 1.54) is 0 Å². The fourth-order valence-electron chi connectivity index (χ4n) is 2.66. The van der Waals surface area contributed by atoms with E-state index in [1.807, 2.05) is 54.6 Å². The summed E-state index contributed by atoms with van der Waals surface area (Å²) in [6.07, 6.45) is 0. The molecule has 0 aliphatic heterocycles. The summed E-state index contributed by atoms with van der Waals surface area (Å²) in [6.45, 7) is 0.520. The molecule has 1 heterocycles. The molecule has 4 aromatic rings. The largest absolute Gasteiger partial charge is 0.489 e. The van der Waals surface area contributed by atoms with Gasteiger partial charge in [-0.15, -0.1) is 0 Å². The number of rotatable bonds is 5. The third-order valence-electron chi connectivity index (χ3n) is 4.01. The first kappa shape index (κ1) is 17.7. The highest BCUT2D eigenvalue weighted by atomic mass is 35.5. The zero-order chi connectivity index (χ0) is 18.6. The summed E-state index contributed by atoms with van der Waals surface area (Å²) in [4.78, 5) is 4.52. The molecule has 3 nitrogen and oxygen atoms in total. The molecule has 0 N–H and O–H groups in total. The Kier molecular flexibility index (Phi) is 5.14. The molecule has 4 rings (SSSR count). The minimum Gasteiger partial charge on any atom is -0.489 e. The van der Waals surface area contributed by atoms with Crippen LogP contribution >= 0.6 is 23.2 Å². The summed E-state index contributed by atoms with van der Waals surface area (Å²) in [5.74, 6) is 1.61. The highest BCUT2D eigenvalue weighted by molar-refractivity contribution is 6.37. The molecule has 1 aromatic heterocycles. The molecule has 3 aromatic carbocycles. The van der Waals surface area contributed by atoms with E-state index >= 15 is 0 Å². The van der Waals surface area contributed by atoms with E-state index in [9.17, 15) is 0 Å². The Bertz CT molecular complexity index is 1060. The SMILES string of the molecule is Clc1cccc(Cl)c1Oc1ccc2cc(OCc3ccccc3)ccc2n1. The van der Waals surface area contributed by atoms with Crippen LogP contribution in [-0.4, -0.2) is 4.98 Å². The van der Waals surface area contributed by atoms with Crippen LogP contribution in [0.3, 0.4) is 0 Å². The number of hydrogen-bond acceptors (Lipinski definition) is 3. The van der Waals surface area contributed by atoms with E-state index in [2.05, 4.69) is 4.98 Å². The summed E-state index contributed by atoms with van der Waals surface area (Å²) in [5, 5.41) is 1.83. The highest BCUT2D eigenvalue weighted by Gasteiger charge is 2.09. The number of pyridine rings is 1. The van der Waals surface area contributed by atoms with Gasteiger partial charge in [-0.1, -0.05) is 59.6 Å². The molecule has 0 aliphatic carbocycles. The third kappa shape index (κ3) is 4.16. The number of benzene rings is 3. The summed E-state index contributed by atoms with van der Waals surface area (Å²) in [6, 6.07) is 24.7. The second-order valence-electron chi connectivity index (χ2n) is 5.93. The van der Waals surface area contributed by atoms with E-state index in [-0.39, 0.29) is 0 Å². The van der Waals surface area contributed by atoms with Crippen molar-refractivity contribution in [3.05, 3.63) is 94.5 Å². The smallest absolute Gasteiger partial charge is 0.219 e. The first-order valence-electron chi connectivity index (χ1n) is 8.38. The lowest BCUT2D eigenvalue weighted by atomic mass is 10.2. The lowest BCUT2D eigenvalue weighted by Crippen LogP contribution is -1.95. The minimum absolute atomic E-state index is 0.399. The summed E-state index contributed by atoms with van der Waals surface area (Å²) < 4.78 is 11.6. The highest BCUT2D eigenvalue weighted by Crippen LogP contribution is 2.36. The van der Waals surface area contributed by atoms with Gasteiger partial charge in [0.1, 0.15) is 12.4 Å². The molecule has 0 saturated carbocycles. The molecule has 0 amide bonds. The number of halogens is 2. The Labute approximate surface area is 167 Å². The van der Waals surface area contributed by atoms with Crippen molar-refractivity contribution in [3.8, 4) is 17.4 Å². The van der Waals surface area contributed by atoms with Gasteiger partial charge in [-0.2, -0.15) is 0 Å². The van der Waals surface area contributed by atoms with E-state index in [1.54, 1.807) is 24.3 Å². The summed E-state index contributed by atoms with van der Waals surface area (Å²) >= 11 is 12.3. The Morgan fingerprint density at radius 1 is 0.778 bits per heavy atom. The molecule has 134 valence electrons. The number of ether oxygens (including phenoxy) is 2. The van der Waals surface area contributed by atoms with Crippen LogP contribution in [0, 0.1) is 0 Å². The number of hydrogen-bond donors (Lipinski definition) is 0. The third-order valence-corrected chi connectivity index (χ3v) is 4.60. The second-order valence-corrected chi connectivity index (χ2v) is 6.75. The second kappa shape index (κ2) is 7.87. The Hall–Kier alpha value is -2.75. The lowest BCUT2D eigenvalue weighted by Gasteiger charge is -2.10. The number of nitrogens with zero attached hydrogens (tertiary/aromatic N) is 1. The van der Waals surface area contributed by atoms with Crippen LogP contribution in [-0.2, 0) is 6.61 Å². The van der Waals surface area contributed by atoms with Crippen molar-refractivity contribution in [2.45, 2.75) is 6.61 Å². The maximum Gasteiger partial charge on any atom is 0.219 e.